The summed E-state index contributed by atoms with van der Waals surface area (Å²) in [6, 6.07) is 1.75. The van der Waals surface area contributed by atoms with Gasteiger partial charge < -0.3 is 43.6 Å². The number of benzene rings is 1. The first-order valence-corrected chi connectivity index (χ1v) is 11.6. The highest BCUT2D eigenvalue weighted by Gasteiger charge is 2.22. The number of hydrogen-bond donors (Lipinski definition) is 2. The molecule has 210 valence electrons. The van der Waals surface area contributed by atoms with Gasteiger partial charge in [0, 0.05) is 6.61 Å². The van der Waals surface area contributed by atoms with Crippen LogP contribution < -0.4 is 14.8 Å². The van der Waals surface area contributed by atoms with E-state index in [9.17, 15) is 19.7 Å². The van der Waals surface area contributed by atoms with E-state index in [0.29, 0.717) is 19.4 Å². The lowest BCUT2D eigenvalue weighted by Gasteiger charge is -2.20. The number of unbranched alkanes of at least 4 members (excludes halogenated alkanes) is 1. The smallest absolute Gasteiger partial charge is 0.493 e. The molecule has 0 aliphatic carbocycles. The van der Waals surface area contributed by atoms with Gasteiger partial charge in [0.05, 0.1) is 56.1 Å². The number of amides is 1. The van der Waals surface area contributed by atoms with Crippen molar-refractivity contribution < 1.29 is 52.8 Å². The molecule has 1 rings (SSSR count). The van der Waals surface area contributed by atoms with Crippen molar-refractivity contribution in [1.82, 2.24) is 5.32 Å². The van der Waals surface area contributed by atoms with Crippen LogP contribution in [0.4, 0.5) is 15.3 Å². The summed E-state index contributed by atoms with van der Waals surface area (Å²) in [6.45, 7) is 4.82. The van der Waals surface area contributed by atoms with Gasteiger partial charge >= 0.3 is 12.2 Å². The summed E-state index contributed by atoms with van der Waals surface area (Å²) >= 11 is 0. The van der Waals surface area contributed by atoms with Gasteiger partial charge in [0.2, 0.25) is 0 Å². The number of nitrogens with one attached hydrogen (secondary N) is 1. The number of rotatable bonds is 17. The van der Waals surface area contributed by atoms with E-state index in [1.807, 2.05) is 0 Å². The molecule has 0 aliphatic heterocycles. The number of aliphatic hydroxyl groups excluding tert-OH is 1. The highest BCUT2D eigenvalue weighted by Crippen LogP contribution is 2.34. The van der Waals surface area contributed by atoms with Crippen molar-refractivity contribution in [3.05, 3.63) is 27.8 Å². The van der Waals surface area contributed by atoms with Gasteiger partial charge in [-0.05, 0) is 39.7 Å². The third kappa shape index (κ3) is 13.0. The Morgan fingerprint density at radius 3 is 2.22 bits per heavy atom. The van der Waals surface area contributed by atoms with Crippen LogP contribution in [0.5, 0.6) is 11.5 Å². The molecule has 1 aromatic carbocycles. The average Bonchev–Trinajstić information content (AvgIpc) is 2.85. The number of methoxy groups -OCH3 is 2. The summed E-state index contributed by atoms with van der Waals surface area (Å²) in [6.07, 6.45) is -1.77. The topological polar surface area (TPSA) is 174 Å². The maximum absolute atomic E-state index is 12.4. The quantitative estimate of drug-likeness (QED) is 0.0988. The third-order valence-electron chi connectivity index (χ3n) is 4.61. The second-order valence-corrected chi connectivity index (χ2v) is 7.98. The molecule has 0 bridgehead atoms. The Hall–Kier alpha value is -3.36. The lowest BCUT2D eigenvalue weighted by Crippen LogP contribution is -2.42. The third-order valence-corrected chi connectivity index (χ3v) is 4.61. The number of carbonyl (C=O) groups is 2. The SMILES string of the molecule is COc1cc(COC(=O)NC(COC(=O)OCCCCOC(C)O)COC(C)C)c([N+](=O)[O-])cc1OC. The molecule has 0 saturated carbocycles. The standard InChI is InChI=1S/C23H36N2O12/c1-15(2)35-13-18(14-37-23(28)34-9-7-6-8-33-16(3)26)24-22(27)36-12-17-10-20(31-4)21(32-5)11-19(17)25(29)30/h10-11,15-16,18,26H,6-9,12-14H2,1-5H3,(H,24,27). The molecule has 37 heavy (non-hydrogen) atoms. The largest absolute Gasteiger partial charge is 0.508 e. The Kier molecular flexibility index (Phi) is 14.7. The first-order chi connectivity index (χ1) is 17.6. The molecule has 0 heterocycles. The van der Waals surface area contributed by atoms with Crippen molar-refractivity contribution in [2.45, 2.75) is 58.7 Å². The van der Waals surface area contributed by atoms with Crippen LogP contribution in [0.1, 0.15) is 39.2 Å². The average molecular weight is 533 g/mol. The van der Waals surface area contributed by atoms with Gasteiger partial charge in [0.1, 0.15) is 13.2 Å². The van der Waals surface area contributed by atoms with Gasteiger partial charge in [0.15, 0.2) is 17.8 Å². The summed E-state index contributed by atoms with van der Waals surface area (Å²) in [5.74, 6) is 0.392. The van der Waals surface area contributed by atoms with Crippen LogP contribution in [0.2, 0.25) is 0 Å². The van der Waals surface area contributed by atoms with E-state index in [2.05, 4.69) is 5.32 Å². The number of alkyl carbamates (subject to hydrolysis) is 1. The normalized spacial score (nSPS) is 12.4. The molecule has 0 fully saturated rings. The second kappa shape index (κ2) is 17.2. The lowest BCUT2D eigenvalue weighted by atomic mass is 10.1. The minimum atomic E-state index is -0.929. The maximum atomic E-state index is 12.4. The molecule has 0 aromatic heterocycles. The number of aliphatic hydroxyl groups is 1. The number of nitro benzene ring substituents is 1. The van der Waals surface area contributed by atoms with Gasteiger partial charge in [-0.25, -0.2) is 9.59 Å². The Labute approximate surface area is 215 Å². The molecular weight excluding hydrogens is 496 g/mol. The highest BCUT2D eigenvalue weighted by molar-refractivity contribution is 5.68. The minimum Gasteiger partial charge on any atom is -0.493 e. The van der Waals surface area contributed by atoms with Crippen LogP contribution in [-0.2, 0) is 30.3 Å². The monoisotopic (exact) mass is 532 g/mol. The van der Waals surface area contributed by atoms with E-state index >= 15 is 0 Å². The van der Waals surface area contributed by atoms with Crippen molar-refractivity contribution >= 4 is 17.9 Å². The maximum Gasteiger partial charge on any atom is 0.508 e. The van der Waals surface area contributed by atoms with Crippen LogP contribution in [-0.4, -0.2) is 81.4 Å². The fraction of sp³-hybridized carbons (Fsp3) is 0.652. The van der Waals surface area contributed by atoms with E-state index in [1.54, 1.807) is 13.8 Å². The fourth-order valence-corrected chi connectivity index (χ4v) is 2.81. The summed E-state index contributed by atoms with van der Waals surface area (Å²) in [5, 5.41) is 22.9. The predicted molar refractivity (Wildman–Crippen MR) is 129 cm³/mol. The van der Waals surface area contributed by atoms with Gasteiger partial charge in [-0.2, -0.15) is 0 Å². The Morgan fingerprint density at radius 1 is 0.973 bits per heavy atom. The predicted octanol–water partition coefficient (Wildman–Crippen LogP) is 2.92. The molecule has 2 atom stereocenters. The van der Waals surface area contributed by atoms with E-state index in [4.69, 9.17) is 38.3 Å². The van der Waals surface area contributed by atoms with Gasteiger partial charge in [-0.1, -0.05) is 0 Å². The summed E-state index contributed by atoms with van der Waals surface area (Å²) in [7, 11) is 2.72. The zero-order chi connectivity index (χ0) is 27.8. The van der Waals surface area contributed by atoms with Crippen molar-refractivity contribution in [2.24, 2.45) is 0 Å². The van der Waals surface area contributed by atoms with E-state index in [1.165, 1.54) is 33.3 Å². The number of ether oxygens (including phenoxy) is 7. The van der Waals surface area contributed by atoms with Crippen molar-refractivity contribution in [1.29, 1.82) is 0 Å². The molecule has 2 unspecified atom stereocenters. The zero-order valence-corrected chi connectivity index (χ0v) is 21.7. The van der Waals surface area contributed by atoms with Crippen LogP contribution in [0, 0.1) is 10.1 Å². The van der Waals surface area contributed by atoms with E-state index in [0.717, 1.165) is 0 Å². The Bertz CT molecular complexity index is 862. The second-order valence-electron chi connectivity index (χ2n) is 7.98. The van der Waals surface area contributed by atoms with Crippen LogP contribution in [0.3, 0.4) is 0 Å². The summed E-state index contributed by atoms with van der Waals surface area (Å²) < 4.78 is 35.8. The summed E-state index contributed by atoms with van der Waals surface area (Å²) in [5.41, 5.74) is -0.222. The molecule has 0 radical (unpaired) electrons. The lowest BCUT2D eigenvalue weighted by molar-refractivity contribution is -0.385. The van der Waals surface area contributed by atoms with Crippen LogP contribution in [0.25, 0.3) is 0 Å². The molecule has 14 nitrogen and oxygen atoms in total. The molecule has 1 amide bonds. The summed E-state index contributed by atoms with van der Waals surface area (Å²) in [4.78, 5) is 35.0. The molecule has 0 saturated heterocycles. The zero-order valence-electron chi connectivity index (χ0n) is 21.7. The molecule has 1 aromatic rings. The molecule has 2 N–H and O–H groups in total. The number of nitrogens with zero attached hydrogens (tertiary/aromatic N) is 1. The minimum absolute atomic E-state index is 0.00718. The van der Waals surface area contributed by atoms with Crippen molar-refractivity contribution in [3.8, 4) is 11.5 Å². The van der Waals surface area contributed by atoms with Crippen LogP contribution >= 0.6 is 0 Å². The molecule has 0 aliphatic rings. The molecule has 14 heteroatoms. The fourth-order valence-electron chi connectivity index (χ4n) is 2.81. The van der Waals surface area contributed by atoms with Gasteiger partial charge in [0.25, 0.3) is 5.69 Å². The van der Waals surface area contributed by atoms with Gasteiger partial charge in [-0.15, -0.1) is 0 Å². The van der Waals surface area contributed by atoms with Crippen molar-refractivity contribution in [3.63, 3.8) is 0 Å². The molecule has 0 spiro atoms. The first kappa shape index (κ1) is 31.7. The number of carbonyl (C=O) groups excluding carboxylic acids is 2. The molecular formula is C23H36N2O12. The Morgan fingerprint density at radius 2 is 1.62 bits per heavy atom. The van der Waals surface area contributed by atoms with Crippen LogP contribution in [0.15, 0.2) is 12.1 Å². The number of hydrogen-bond acceptors (Lipinski definition) is 12. The van der Waals surface area contributed by atoms with Crippen molar-refractivity contribution in [2.75, 3.05) is 40.6 Å². The van der Waals surface area contributed by atoms with Gasteiger partial charge in [-0.3, -0.25) is 10.1 Å². The first-order valence-electron chi connectivity index (χ1n) is 11.6. The van der Waals surface area contributed by atoms with E-state index < -0.39 is 36.1 Å². The van der Waals surface area contributed by atoms with E-state index in [-0.39, 0.29) is 48.7 Å². The highest BCUT2D eigenvalue weighted by atomic mass is 16.7. The Balaban J connectivity index is 2.63. The number of nitro groups is 1.